The Labute approximate surface area is 132 Å². The molecule has 0 spiro atoms. The zero-order valence-corrected chi connectivity index (χ0v) is 12.7. The van der Waals surface area contributed by atoms with Crippen molar-refractivity contribution in [2.45, 2.75) is 6.92 Å². The summed E-state index contributed by atoms with van der Waals surface area (Å²) in [6.45, 7) is 9.13. The Hall–Kier alpha value is -2.77. The van der Waals surface area contributed by atoms with Gasteiger partial charge in [0.05, 0.1) is 6.57 Å². The molecule has 0 aliphatic heterocycles. The molecule has 0 bridgehead atoms. The molecule has 2 aromatic carbocycles. The van der Waals surface area contributed by atoms with Gasteiger partial charge in [-0.05, 0) is 58.6 Å². The Bertz CT molecular complexity index is 848. The highest BCUT2D eigenvalue weighted by Gasteiger charge is 2.12. The fourth-order valence-electron chi connectivity index (χ4n) is 2.24. The third-order valence-electron chi connectivity index (χ3n) is 3.34. The van der Waals surface area contributed by atoms with Crippen molar-refractivity contribution in [3.05, 3.63) is 70.2 Å². The van der Waals surface area contributed by atoms with Crippen LogP contribution in [0.4, 0.5) is 5.69 Å². The van der Waals surface area contributed by atoms with E-state index < -0.39 is 0 Å². The molecule has 0 radical (unpaired) electrons. The van der Waals surface area contributed by atoms with Crippen LogP contribution in [0.3, 0.4) is 0 Å². The second kappa shape index (κ2) is 5.92. The molecule has 3 rings (SSSR count). The Morgan fingerprint density at radius 1 is 1.14 bits per heavy atom. The third-order valence-corrected chi connectivity index (χ3v) is 4.03. The van der Waals surface area contributed by atoms with Crippen LogP contribution < -0.4 is 4.74 Å². The van der Waals surface area contributed by atoms with Crippen LogP contribution in [-0.2, 0) is 0 Å². The van der Waals surface area contributed by atoms with E-state index in [1.807, 2.05) is 24.4 Å². The highest BCUT2D eigenvalue weighted by atomic mass is 32.1. The molecule has 1 aromatic heterocycles. The molecule has 1 heterocycles. The number of phenolic OH excluding ortho intramolecular Hbond substituents is 1. The number of benzene rings is 2. The number of hydrogen-bond acceptors (Lipinski definition) is 3. The quantitative estimate of drug-likeness (QED) is 0.623. The van der Waals surface area contributed by atoms with E-state index in [9.17, 15) is 5.11 Å². The van der Waals surface area contributed by atoms with Crippen LogP contribution in [0.1, 0.15) is 5.56 Å². The number of hydrogen-bond donors (Lipinski definition) is 1. The van der Waals surface area contributed by atoms with E-state index in [2.05, 4.69) is 10.2 Å². The summed E-state index contributed by atoms with van der Waals surface area (Å²) in [5, 5.41) is 14.2. The third kappa shape index (κ3) is 2.67. The average Bonchev–Trinajstić information content (AvgIpc) is 3.04. The van der Waals surface area contributed by atoms with Crippen molar-refractivity contribution in [3.63, 3.8) is 0 Å². The van der Waals surface area contributed by atoms with Gasteiger partial charge in [0.1, 0.15) is 5.75 Å². The van der Waals surface area contributed by atoms with Crippen LogP contribution >= 0.6 is 11.3 Å². The second-order valence-electron chi connectivity index (χ2n) is 4.83. The number of aryl methyl sites for hydroxylation is 1. The first-order valence-electron chi connectivity index (χ1n) is 6.69. The second-order valence-corrected chi connectivity index (χ2v) is 5.61. The van der Waals surface area contributed by atoms with Gasteiger partial charge in [0.25, 0.3) is 0 Å². The summed E-state index contributed by atoms with van der Waals surface area (Å²) in [6.07, 6.45) is 0. The lowest BCUT2D eigenvalue weighted by molar-refractivity contribution is 0.412. The maximum Gasteiger partial charge on any atom is 0.228 e. The smallest absolute Gasteiger partial charge is 0.228 e. The number of rotatable bonds is 3. The number of ether oxygens (including phenoxy) is 1. The molecule has 0 aliphatic rings. The minimum absolute atomic E-state index is 0.0660. The van der Waals surface area contributed by atoms with Crippen molar-refractivity contribution in [2.24, 2.45) is 0 Å². The van der Waals surface area contributed by atoms with Crippen LogP contribution in [0.25, 0.3) is 16.0 Å². The molecule has 108 valence electrons. The summed E-state index contributed by atoms with van der Waals surface area (Å²) in [7, 11) is 0. The fraction of sp³-hybridized carbons (Fsp3) is 0.0556. The summed E-state index contributed by atoms with van der Waals surface area (Å²) in [5.41, 5.74) is 3.49. The molecule has 1 N–H and O–H groups in total. The van der Waals surface area contributed by atoms with Crippen molar-refractivity contribution in [2.75, 3.05) is 0 Å². The van der Waals surface area contributed by atoms with Crippen LogP contribution in [0.2, 0.25) is 0 Å². The number of phenols is 1. The van der Waals surface area contributed by atoms with Crippen LogP contribution in [-0.4, -0.2) is 5.11 Å². The van der Waals surface area contributed by atoms with Crippen LogP contribution in [0.15, 0.2) is 53.2 Å². The highest BCUT2D eigenvalue weighted by molar-refractivity contribution is 7.08. The monoisotopic (exact) mass is 307 g/mol. The van der Waals surface area contributed by atoms with E-state index in [0.717, 1.165) is 16.7 Å². The molecule has 0 atom stereocenters. The van der Waals surface area contributed by atoms with Gasteiger partial charge in [-0.15, -0.1) is 0 Å². The normalized spacial score (nSPS) is 10.2. The maximum absolute atomic E-state index is 10.1. The molecule has 0 amide bonds. The van der Waals surface area contributed by atoms with Crippen molar-refractivity contribution in [1.29, 1.82) is 0 Å². The van der Waals surface area contributed by atoms with Crippen molar-refractivity contribution in [1.82, 2.24) is 0 Å². The van der Waals surface area contributed by atoms with Crippen molar-refractivity contribution in [3.8, 4) is 28.4 Å². The molecule has 0 unspecified atom stereocenters. The fourth-order valence-corrected chi connectivity index (χ4v) is 2.89. The van der Waals surface area contributed by atoms with Gasteiger partial charge in [0, 0.05) is 0 Å². The van der Waals surface area contributed by atoms with E-state index >= 15 is 0 Å². The SMILES string of the molecule is [C-]#[N+]c1ccccc1Oc1cc(-c2ccsc2)c(C)cc1O. The maximum atomic E-state index is 10.1. The van der Waals surface area contributed by atoms with E-state index in [4.69, 9.17) is 11.3 Å². The standard InChI is InChI=1S/C18H13NO2S/c1-12-9-16(20)18(10-14(12)13-7-8-22-11-13)21-17-6-4-3-5-15(17)19-2/h3-11,20H,1H3. The lowest BCUT2D eigenvalue weighted by Crippen LogP contribution is -1.89. The van der Waals surface area contributed by atoms with Gasteiger partial charge < -0.3 is 9.84 Å². The van der Waals surface area contributed by atoms with E-state index in [0.29, 0.717) is 17.2 Å². The van der Waals surface area contributed by atoms with Gasteiger partial charge >= 0.3 is 0 Å². The molecular formula is C18H13NO2S. The molecule has 4 heteroatoms. The number of para-hydroxylation sites is 2. The van der Waals surface area contributed by atoms with Gasteiger partial charge in [0.2, 0.25) is 5.69 Å². The first-order valence-corrected chi connectivity index (χ1v) is 7.64. The summed E-state index contributed by atoms with van der Waals surface area (Å²) in [6, 6.07) is 12.5. The highest BCUT2D eigenvalue weighted by Crippen LogP contribution is 2.40. The molecule has 22 heavy (non-hydrogen) atoms. The summed E-state index contributed by atoms with van der Waals surface area (Å²) in [4.78, 5) is 3.43. The molecule has 0 aliphatic carbocycles. The van der Waals surface area contributed by atoms with Gasteiger partial charge in [-0.25, -0.2) is 4.85 Å². The number of thiophene rings is 1. The van der Waals surface area contributed by atoms with Gasteiger partial charge in [0.15, 0.2) is 11.5 Å². The first kappa shape index (κ1) is 14.2. The van der Waals surface area contributed by atoms with Crippen LogP contribution in [0, 0.1) is 13.5 Å². The molecule has 0 saturated heterocycles. The Morgan fingerprint density at radius 3 is 2.68 bits per heavy atom. The van der Waals surface area contributed by atoms with Gasteiger partial charge in [-0.3, -0.25) is 0 Å². The zero-order chi connectivity index (χ0) is 15.5. The van der Waals surface area contributed by atoms with Crippen LogP contribution in [0.5, 0.6) is 17.2 Å². The topological polar surface area (TPSA) is 33.8 Å². The molecule has 0 fully saturated rings. The summed E-state index contributed by atoms with van der Waals surface area (Å²) in [5.74, 6) is 0.854. The molecule has 3 aromatic rings. The Morgan fingerprint density at radius 2 is 1.95 bits per heavy atom. The largest absolute Gasteiger partial charge is 0.504 e. The van der Waals surface area contributed by atoms with Gasteiger partial charge in [-0.2, -0.15) is 11.3 Å². The predicted molar refractivity (Wildman–Crippen MR) is 88.9 cm³/mol. The first-order chi connectivity index (χ1) is 10.7. The summed E-state index contributed by atoms with van der Waals surface area (Å²) < 4.78 is 5.76. The lowest BCUT2D eigenvalue weighted by atomic mass is 10.0. The number of nitrogens with zero attached hydrogens (tertiary/aromatic N) is 1. The predicted octanol–water partition coefficient (Wildman–Crippen LogP) is 5.77. The zero-order valence-electron chi connectivity index (χ0n) is 11.9. The molecular weight excluding hydrogens is 294 g/mol. The van der Waals surface area contributed by atoms with Gasteiger partial charge in [-0.1, -0.05) is 18.2 Å². The Balaban J connectivity index is 2.04. The Kier molecular flexibility index (Phi) is 3.82. The number of aromatic hydroxyl groups is 1. The summed E-state index contributed by atoms with van der Waals surface area (Å²) >= 11 is 1.62. The minimum atomic E-state index is 0.0660. The van der Waals surface area contributed by atoms with Crippen molar-refractivity contribution < 1.29 is 9.84 Å². The average molecular weight is 307 g/mol. The van der Waals surface area contributed by atoms with E-state index in [1.54, 1.807) is 41.7 Å². The minimum Gasteiger partial charge on any atom is -0.504 e. The van der Waals surface area contributed by atoms with E-state index in [-0.39, 0.29) is 5.75 Å². The lowest BCUT2D eigenvalue weighted by Gasteiger charge is -2.12. The molecule has 3 nitrogen and oxygen atoms in total. The molecule has 0 saturated carbocycles. The van der Waals surface area contributed by atoms with Crippen molar-refractivity contribution >= 4 is 17.0 Å². The van der Waals surface area contributed by atoms with E-state index in [1.165, 1.54) is 0 Å².